The average molecular weight is 489 g/mol. The molecule has 2 fully saturated rings. The van der Waals surface area contributed by atoms with Crippen molar-refractivity contribution in [2.24, 2.45) is 0 Å². The largest absolute Gasteiger partial charge is 0.416 e. The first kappa shape index (κ1) is 23.6. The van der Waals surface area contributed by atoms with Crippen LogP contribution >= 0.6 is 0 Å². The third-order valence-corrected chi connectivity index (χ3v) is 6.99. The number of fused-ring (bicyclic) bond motifs is 1. The van der Waals surface area contributed by atoms with Gasteiger partial charge in [0.25, 0.3) is 0 Å². The van der Waals surface area contributed by atoms with Gasteiger partial charge in [0.1, 0.15) is 0 Å². The molecule has 35 heavy (non-hydrogen) atoms. The van der Waals surface area contributed by atoms with Gasteiger partial charge in [-0.2, -0.15) is 13.2 Å². The van der Waals surface area contributed by atoms with Crippen molar-refractivity contribution < 1.29 is 27.6 Å². The van der Waals surface area contributed by atoms with Crippen LogP contribution in [0.5, 0.6) is 0 Å². The van der Waals surface area contributed by atoms with Crippen molar-refractivity contribution in [3.63, 3.8) is 0 Å². The lowest BCUT2D eigenvalue weighted by molar-refractivity contribution is -0.137. The van der Waals surface area contributed by atoms with E-state index < -0.39 is 17.3 Å². The Balaban J connectivity index is 1.07. The van der Waals surface area contributed by atoms with Crippen LogP contribution < -0.4 is 10.6 Å². The molecule has 11 heteroatoms. The smallest absolute Gasteiger partial charge is 0.385 e. The normalized spacial score (nSPS) is 23.7. The van der Waals surface area contributed by atoms with Crippen LogP contribution in [0.4, 0.5) is 19.0 Å². The molecule has 0 spiro atoms. The minimum absolute atomic E-state index is 0.00863. The van der Waals surface area contributed by atoms with Gasteiger partial charge in [-0.3, -0.25) is 14.7 Å². The minimum atomic E-state index is -4.48. The molecule has 0 atom stereocenters. The summed E-state index contributed by atoms with van der Waals surface area (Å²) >= 11 is 0. The van der Waals surface area contributed by atoms with Crippen LogP contribution in [0.2, 0.25) is 0 Å². The van der Waals surface area contributed by atoms with Crippen LogP contribution in [-0.2, 0) is 16.6 Å². The van der Waals surface area contributed by atoms with Gasteiger partial charge in [0.2, 0.25) is 5.91 Å². The third kappa shape index (κ3) is 4.96. The summed E-state index contributed by atoms with van der Waals surface area (Å²) < 4.78 is 44.0. The molecule has 2 aromatic heterocycles. The Morgan fingerprint density at radius 2 is 2.00 bits per heavy atom. The predicted molar refractivity (Wildman–Crippen MR) is 121 cm³/mol. The van der Waals surface area contributed by atoms with Crippen LogP contribution in [0.15, 0.2) is 47.2 Å². The molecule has 3 heterocycles. The van der Waals surface area contributed by atoms with Crippen LogP contribution in [0, 0.1) is 0 Å². The number of carbonyl (C=O) groups is 1. The van der Waals surface area contributed by atoms with E-state index in [0.717, 1.165) is 43.6 Å². The number of benzene rings is 1. The molecule has 1 aliphatic heterocycles. The average Bonchev–Trinajstić information content (AvgIpc) is 3.23. The Morgan fingerprint density at radius 3 is 2.69 bits per heavy atom. The fraction of sp³-hybridized carbons (Fsp3) is 0.458. The van der Waals surface area contributed by atoms with Gasteiger partial charge in [-0.15, -0.1) is 0 Å². The van der Waals surface area contributed by atoms with Crippen LogP contribution in [-0.4, -0.2) is 57.8 Å². The second kappa shape index (κ2) is 9.12. The molecule has 0 radical (unpaired) electrons. The van der Waals surface area contributed by atoms with E-state index in [4.69, 9.17) is 4.52 Å². The van der Waals surface area contributed by atoms with E-state index in [9.17, 15) is 23.1 Å². The number of alkyl halides is 3. The van der Waals surface area contributed by atoms with Crippen molar-refractivity contribution in [1.82, 2.24) is 20.4 Å². The van der Waals surface area contributed by atoms with E-state index in [1.165, 1.54) is 6.07 Å². The molecule has 1 amide bonds. The highest BCUT2D eigenvalue weighted by Gasteiger charge is 2.40. The number of pyridine rings is 1. The highest BCUT2D eigenvalue weighted by atomic mass is 19.4. The van der Waals surface area contributed by atoms with Crippen molar-refractivity contribution in [1.29, 1.82) is 0 Å². The topological polar surface area (TPSA) is 104 Å². The van der Waals surface area contributed by atoms with E-state index in [2.05, 4.69) is 25.7 Å². The number of hydrogen-bond donors (Lipinski definition) is 3. The van der Waals surface area contributed by atoms with Gasteiger partial charge >= 0.3 is 6.18 Å². The third-order valence-electron chi connectivity index (χ3n) is 6.99. The Hall–Kier alpha value is -3.18. The number of aliphatic hydroxyl groups is 1. The SMILES string of the molecule is O=C(CNc1noc2ccc(C(F)(F)F)cc12)NC1CN(C2CCC(O)(c3cccnc3)CC2)C1. The molecule has 1 aromatic carbocycles. The molecule has 3 N–H and O–H groups in total. The first-order chi connectivity index (χ1) is 16.7. The molecule has 3 aromatic rings. The molecule has 2 aliphatic rings. The van der Waals surface area contributed by atoms with E-state index in [0.29, 0.717) is 18.9 Å². The zero-order valence-electron chi connectivity index (χ0n) is 18.9. The maximum absolute atomic E-state index is 13.0. The maximum atomic E-state index is 13.0. The van der Waals surface area contributed by atoms with Crippen molar-refractivity contribution in [3.8, 4) is 0 Å². The summed E-state index contributed by atoms with van der Waals surface area (Å²) in [4.78, 5) is 18.8. The van der Waals surface area contributed by atoms with Crippen LogP contribution in [0.1, 0.15) is 36.8 Å². The van der Waals surface area contributed by atoms with E-state index in [1.54, 1.807) is 12.4 Å². The number of nitrogens with one attached hydrogen (secondary N) is 2. The number of amides is 1. The van der Waals surface area contributed by atoms with Crippen LogP contribution in [0.3, 0.4) is 0 Å². The number of aromatic nitrogens is 2. The van der Waals surface area contributed by atoms with E-state index in [1.807, 2.05) is 12.1 Å². The standard InChI is InChI=1S/C24H26F3N5O3/c25-24(26,27)15-3-4-20-19(10-15)22(31-35-20)29-12-21(33)30-17-13-32(14-17)18-5-7-23(34,8-6-18)16-2-1-9-28-11-16/h1-4,9-11,17-18,34H,5-8,12-14H2,(H,29,31)(H,30,33). The molecule has 1 saturated heterocycles. The molecule has 1 saturated carbocycles. The Labute approximate surface area is 199 Å². The van der Waals surface area contributed by atoms with Gasteiger partial charge in [-0.1, -0.05) is 11.2 Å². The number of anilines is 1. The molecular formula is C24H26F3N5O3. The molecule has 1 aliphatic carbocycles. The van der Waals surface area contributed by atoms with Crippen molar-refractivity contribution in [3.05, 3.63) is 53.9 Å². The van der Waals surface area contributed by atoms with Crippen molar-refractivity contribution >= 4 is 22.7 Å². The van der Waals surface area contributed by atoms with Gasteiger partial charge in [-0.05, 0) is 49.9 Å². The summed E-state index contributed by atoms with van der Waals surface area (Å²) in [5, 5.41) is 20.6. The lowest BCUT2D eigenvalue weighted by Crippen LogP contribution is -2.63. The zero-order valence-corrected chi connectivity index (χ0v) is 18.9. The van der Waals surface area contributed by atoms with Gasteiger partial charge in [0, 0.05) is 37.1 Å². The quantitative estimate of drug-likeness (QED) is 0.488. The fourth-order valence-electron chi connectivity index (χ4n) is 4.96. The molecule has 186 valence electrons. The minimum Gasteiger partial charge on any atom is -0.385 e. The predicted octanol–water partition coefficient (Wildman–Crippen LogP) is 3.28. The summed E-state index contributed by atoms with van der Waals surface area (Å²) in [5.41, 5.74) is -0.578. The van der Waals surface area contributed by atoms with Crippen molar-refractivity contribution in [2.75, 3.05) is 25.0 Å². The second-order valence-corrected chi connectivity index (χ2v) is 9.32. The summed E-state index contributed by atoms with van der Waals surface area (Å²) in [6, 6.07) is 7.21. The Kier molecular flexibility index (Phi) is 6.14. The number of likely N-dealkylation sites (tertiary alicyclic amines) is 1. The Bertz CT molecular complexity index is 1190. The number of hydrogen-bond acceptors (Lipinski definition) is 7. The van der Waals surface area contributed by atoms with E-state index >= 15 is 0 Å². The summed E-state index contributed by atoms with van der Waals surface area (Å²) in [7, 11) is 0. The maximum Gasteiger partial charge on any atom is 0.416 e. The fourth-order valence-corrected chi connectivity index (χ4v) is 4.96. The van der Waals surface area contributed by atoms with Gasteiger partial charge in [0.05, 0.1) is 29.1 Å². The van der Waals surface area contributed by atoms with Gasteiger partial charge < -0.3 is 20.3 Å². The summed E-state index contributed by atoms with van der Waals surface area (Å²) in [6.45, 7) is 1.32. The molecule has 0 bridgehead atoms. The molecular weight excluding hydrogens is 463 g/mol. The first-order valence-electron chi connectivity index (χ1n) is 11.6. The number of carbonyl (C=O) groups excluding carboxylic acids is 1. The number of halogens is 3. The number of rotatable bonds is 6. The van der Waals surface area contributed by atoms with Crippen LogP contribution in [0.25, 0.3) is 11.0 Å². The van der Waals surface area contributed by atoms with Gasteiger partial charge in [-0.25, -0.2) is 0 Å². The summed E-state index contributed by atoms with van der Waals surface area (Å²) in [5.74, 6) is -0.174. The lowest BCUT2D eigenvalue weighted by Gasteiger charge is -2.48. The molecule has 8 nitrogen and oxygen atoms in total. The zero-order chi connectivity index (χ0) is 24.6. The summed E-state index contributed by atoms with van der Waals surface area (Å²) in [6.07, 6.45) is 2.01. The number of nitrogens with zero attached hydrogens (tertiary/aromatic N) is 3. The Morgan fingerprint density at radius 1 is 1.23 bits per heavy atom. The lowest BCUT2D eigenvalue weighted by atomic mass is 9.77. The first-order valence-corrected chi connectivity index (χ1v) is 11.6. The second-order valence-electron chi connectivity index (χ2n) is 9.32. The molecule has 0 unspecified atom stereocenters. The highest BCUT2D eigenvalue weighted by Crippen LogP contribution is 2.39. The van der Waals surface area contributed by atoms with E-state index in [-0.39, 0.29) is 35.3 Å². The van der Waals surface area contributed by atoms with Gasteiger partial charge in [0.15, 0.2) is 11.4 Å². The molecule has 5 rings (SSSR count). The van der Waals surface area contributed by atoms with Crippen molar-refractivity contribution in [2.45, 2.75) is 49.5 Å². The monoisotopic (exact) mass is 489 g/mol. The highest BCUT2D eigenvalue weighted by molar-refractivity contribution is 5.90.